The molecule has 0 spiro atoms. The van der Waals surface area contributed by atoms with Gasteiger partial charge in [0.05, 0.1) is 0 Å². The van der Waals surface area contributed by atoms with Crippen LogP contribution < -0.4 is 9.47 Å². The van der Waals surface area contributed by atoms with Gasteiger partial charge in [-0.1, -0.05) is 36.4 Å². The molecule has 3 rings (SSSR count). The second-order valence-corrected chi connectivity index (χ2v) is 11.8. The number of hydrogen-bond acceptors (Lipinski definition) is 8. The van der Waals surface area contributed by atoms with Gasteiger partial charge in [-0.25, -0.2) is 14.4 Å². The second kappa shape index (κ2) is 13.1. The van der Waals surface area contributed by atoms with Crippen LogP contribution in [0.2, 0.25) is 0 Å². The molecule has 1 fully saturated rings. The molecule has 1 aliphatic rings. The first-order valence-corrected chi connectivity index (χ1v) is 13.6. The van der Waals surface area contributed by atoms with Gasteiger partial charge in [-0.3, -0.25) is 0 Å². The van der Waals surface area contributed by atoms with Crippen molar-refractivity contribution in [1.82, 2.24) is 4.90 Å². The smallest absolute Gasteiger partial charge is 0.420 e. The van der Waals surface area contributed by atoms with Crippen molar-refractivity contribution in [2.75, 3.05) is 0 Å². The summed E-state index contributed by atoms with van der Waals surface area (Å²) in [5.41, 5.74) is -1.81. The lowest BCUT2D eigenvalue weighted by Crippen LogP contribution is -2.53. The minimum atomic E-state index is -1.26. The summed E-state index contributed by atoms with van der Waals surface area (Å²) in [6, 6.07) is 17.3. The number of ether oxygens (including phenoxy) is 5. The molecule has 218 valence electrons. The zero-order chi connectivity index (χ0) is 29.5. The monoisotopic (exact) mass is 555 g/mol. The van der Waals surface area contributed by atoms with E-state index in [4.69, 9.17) is 23.7 Å². The highest BCUT2D eigenvalue weighted by Crippen LogP contribution is 2.28. The molecule has 1 saturated heterocycles. The van der Waals surface area contributed by atoms with E-state index in [0.29, 0.717) is 24.3 Å². The Bertz CT molecular complexity index is 1100. The molecule has 0 bridgehead atoms. The molecule has 4 atom stereocenters. The average molecular weight is 556 g/mol. The molecule has 0 saturated carbocycles. The quantitative estimate of drug-likeness (QED) is 0.303. The minimum absolute atomic E-state index is 0.122. The SMILES string of the molecule is CC1OC(=O)C(N(C(=O)OC(C)(C)C)C(=O)OC(C)(C)C)CCCC(Oc2ccccc2)C1Oc1ccccc1. The highest BCUT2D eigenvalue weighted by Gasteiger charge is 2.44. The highest BCUT2D eigenvalue weighted by atomic mass is 16.6. The van der Waals surface area contributed by atoms with Gasteiger partial charge < -0.3 is 23.7 Å². The second-order valence-electron chi connectivity index (χ2n) is 11.8. The maximum atomic E-state index is 13.6. The molecule has 1 heterocycles. The molecular formula is C31H41NO8. The van der Waals surface area contributed by atoms with Crippen LogP contribution in [0.5, 0.6) is 11.5 Å². The number of cyclic esters (lactones) is 1. The molecule has 9 heteroatoms. The standard InChI is InChI=1S/C31H41NO8/c1-21-26(38-23-17-12-9-13-18-23)25(37-22-15-10-8-11-16-22)20-14-19-24(27(33)36-21)32(28(34)39-30(2,3)4)29(35)40-31(5,6)7/h8-13,15-18,21,24-26H,14,19-20H2,1-7H3. The maximum absolute atomic E-state index is 13.6. The van der Waals surface area contributed by atoms with Gasteiger partial charge in [0.2, 0.25) is 0 Å². The summed E-state index contributed by atoms with van der Waals surface area (Å²) in [6.45, 7) is 11.8. The Morgan fingerprint density at radius 3 is 1.73 bits per heavy atom. The van der Waals surface area contributed by atoms with Crippen molar-refractivity contribution in [2.24, 2.45) is 0 Å². The first-order valence-electron chi connectivity index (χ1n) is 13.6. The number of carbonyl (C=O) groups is 3. The summed E-state index contributed by atoms with van der Waals surface area (Å²) < 4.78 is 29.5. The molecule has 0 aliphatic carbocycles. The largest absolute Gasteiger partial charge is 0.486 e. The van der Waals surface area contributed by atoms with Crippen molar-refractivity contribution in [3.05, 3.63) is 60.7 Å². The Labute approximate surface area is 236 Å². The van der Waals surface area contributed by atoms with Crippen molar-refractivity contribution in [2.45, 2.75) is 103 Å². The first kappa shape index (κ1) is 30.8. The minimum Gasteiger partial charge on any atom is -0.486 e. The Morgan fingerprint density at radius 2 is 1.25 bits per heavy atom. The van der Waals surface area contributed by atoms with E-state index >= 15 is 0 Å². The lowest BCUT2D eigenvalue weighted by Gasteiger charge is -2.33. The van der Waals surface area contributed by atoms with Crippen LogP contribution in [0.25, 0.3) is 0 Å². The number of imide groups is 1. The Kier molecular flexibility index (Phi) is 10.1. The third-order valence-corrected chi connectivity index (χ3v) is 5.91. The fourth-order valence-corrected chi connectivity index (χ4v) is 4.24. The van der Waals surface area contributed by atoms with E-state index in [-0.39, 0.29) is 6.42 Å². The van der Waals surface area contributed by atoms with Gasteiger partial charge in [-0.05, 0) is 92.0 Å². The van der Waals surface area contributed by atoms with E-state index in [1.165, 1.54) is 0 Å². The number of rotatable bonds is 5. The zero-order valence-electron chi connectivity index (χ0n) is 24.4. The van der Waals surface area contributed by atoms with Gasteiger partial charge in [0.15, 0.2) is 6.10 Å². The summed E-state index contributed by atoms with van der Waals surface area (Å²) in [4.78, 5) is 40.8. The number of hydrogen-bond donors (Lipinski definition) is 0. The van der Waals surface area contributed by atoms with E-state index in [1.54, 1.807) is 48.5 Å². The van der Waals surface area contributed by atoms with E-state index in [0.717, 1.165) is 4.90 Å². The lowest BCUT2D eigenvalue weighted by molar-refractivity contribution is -0.160. The van der Waals surface area contributed by atoms with Crippen LogP contribution in [0.4, 0.5) is 9.59 Å². The zero-order valence-corrected chi connectivity index (χ0v) is 24.4. The number of benzene rings is 2. The molecule has 2 aromatic rings. The summed E-state index contributed by atoms with van der Waals surface area (Å²) in [7, 11) is 0. The number of amides is 2. The Balaban J connectivity index is 1.94. The van der Waals surface area contributed by atoms with Crippen LogP contribution in [0.3, 0.4) is 0 Å². The third-order valence-electron chi connectivity index (χ3n) is 5.91. The van der Waals surface area contributed by atoms with Crippen molar-refractivity contribution in [3.63, 3.8) is 0 Å². The fourth-order valence-electron chi connectivity index (χ4n) is 4.24. The van der Waals surface area contributed by atoms with Crippen LogP contribution in [0, 0.1) is 0 Å². The number of esters is 1. The molecule has 4 unspecified atom stereocenters. The third kappa shape index (κ3) is 9.17. The molecule has 2 aromatic carbocycles. The summed E-state index contributed by atoms with van der Waals surface area (Å²) in [5, 5.41) is 0. The van der Waals surface area contributed by atoms with Crippen LogP contribution >= 0.6 is 0 Å². The van der Waals surface area contributed by atoms with Crippen LogP contribution in [-0.2, 0) is 19.0 Å². The topological polar surface area (TPSA) is 101 Å². The summed E-state index contributed by atoms with van der Waals surface area (Å²) in [5.74, 6) is 0.482. The van der Waals surface area contributed by atoms with Crippen LogP contribution in [-0.4, -0.2) is 58.6 Å². The van der Waals surface area contributed by atoms with Crippen molar-refractivity contribution in [3.8, 4) is 11.5 Å². The number of nitrogens with zero attached hydrogens (tertiary/aromatic N) is 1. The lowest BCUT2D eigenvalue weighted by atomic mass is 10.0. The Hall–Kier alpha value is -3.75. The van der Waals surface area contributed by atoms with Gasteiger partial charge in [0.25, 0.3) is 0 Å². The molecule has 0 N–H and O–H groups in total. The normalized spacial score (nSPS) is 22.0. The highest BCUT2D eigenvalue weighted by molar-refractivity contribution is 5.94. The molecule has 40 heavy (non-hydrogen) atoms. The van der Waals surface area contributed by atoms with E-state index in [9.17, 15) is 14.4 Å². The van der Waals surface area contributed by atoms with Crippen LogP contribution in [0.1, 0.15) is 67.7 Å². The van der Waals surface area contributed by atoms with Gasteiger partial charge in [-0.2, -0.15) is 4.90 Å². The van der Waals surface area contributed by atoms with Gasteiger partial charge in [-0.15, -0.1) is 0 Å². The number of para-hydroxylation sites is 2. The summed E-state index contributed by atoms with van der Waals surface area (Å²) in [6.07, 6.45) is -2.93. The molecule has 0 aromatic heterocycles. The van der Waals surface area contributed by atoms with Gasteiger partial charge >= 0.3 is 18.2 Å². The predicted molar refractivity (Wildman–Crippen MR) is 149 cm³/mol. The predicted octanol–water partition coefficient (Wildman–Crippen LogP) is 6.54. The molecule has 2 amide bonds. The van der Waals surface area contributed by atoms with E-state index in [2.05, 4.69) is 0 Å². The van der Waals surface area contributed by atoms with Crippen molar-refractivity contribution < 1.29 is 38.1 Å². The Morgan fingerprint density at radius 1 is 0.775 bits per heavy atom. The molecule has 0 radical (unpaired) electrons. The molecule has 1 aliphatic heterocycles. The average Bonchev–Trinajstić information content (AvgIpc) is 2.89. The van der Waals surface area contributed by atoms with E-state index < -0.39 is 53.7 Å². The number of carbonyl (C=O) groups excluding carboxylic acids is 3. The van der Waals surface area contributed by atoms with Crippen molar-refractivity contribution >= 4 is 18.2 Å². The first-order chi connectivity index (χ1) is 18.7. The van der Waals surface area contributed by atoms with Crippen molar-refractivity contribution in [1.29, 1.82) is 0 Å². The van der Waals surface area contributed by atoms with Crippen LogP contribution in [0.15, 0.2) is 60.7 Å². The molecule has 9 nitrogen and oxygen atoms in total. The van der Waals surface area contributed by atoms with Gasteiger partial charge in [0, 0.05) is 0 Å². The maximum Gasteiger partial charge on any atom is 0.420 e. The summed E-state index contributed by atoms with van der Waals surface area (Å²) >= 11 is 0. The van der Waals surface area contributed by atoms with Gasteiger partial charge in [0.1, 0.15) is 41.0 Å². The fraction of sp³-hybridized carbons (Fsp3) is 0.516. The molecular weight excluding hydrogens is 514 g/mol. The van der Waals surface area contributed by atoms with E-state index in [1.807, 2.05) is 60.7 Å².